The maximum Gasteiger partial charge on any atom is 0.306 e. The van der Waals surface area contributed by atoms with Crippen LogP contribution in [0.5, 0.6) is 11.5 Å². The van der Waals surface area contributed by atoms with Gasteiger partial charge in [-0.2, -0.15) is 0 Å². The summed E-state index contributed by atoms with van der Waals surface area (Å²) in [6.07, 6.45) is 1.46. The zero-order chi connectivity index (χ0) is 19.4. The van der Waals surface area contributed by atoms with E-state index >= 15 is 0 Å². The number of thioether (sulfide) groups is 1. The highest BCUT2D eigenvalue weighted by molar-refractivity contribution is 8.19. The molecule has 1 saturated heterocycles. The number of carbonyl (C=O) groups is 3. The molecule has 2 amide bonds. The summed E-state index contributed by atoms with van der Waals surface area (Å²) in [7, 11) is 0. The van der Waals surface area contributed by atoms with Crippen LogP contribution in [0.1, 0.15) is 12.0 Å². The zero-order valence-electron chi connectivity index (χ0n) is 14.0. The number of phenols is 1. The van der Waals surface area contributed by atoms with Gasteiger partial charge < -0.3 is 14.9 Å². The first-order valence-corrected chi connectivity index (χ1v) is 8.77. The van der Waals surface area contributed by atoms with Crippen LogP contribution in [0, 0.1) is 0 Å². The van der Waals surface area contributed by atoms with Crippen LogP contribution >= 0.6 is 11.8 Å². The molecule has 8 heteroatoms. The lowest BCUT2D eigenvalue weighted by Crippen LogP contribution is -2.27. The summed E-state index contributed by atoms with van der Waals surface area (Å²) in [5, 5.41) is 17.6. The highest BCUT2D eigenvalue weighted by Crippen LogP contribution is 2.36. The van der Waals surface area contributed by atoms with Crippen molar-refractivity contribution >= 4 is 40.6 Å². The Bertz CT molecular complexity index is 922. The highest BCUT2D eigenvalue weighted by atomic mass is 32.2. The Kier molecular flexibility index (Phi) is 5.46. The summed E-state index contributed by atoms with van der Waals surface area (Å²) in [6, 6.07) is 12.6. The smallest absolute Gasteiger partial charge is 0.306 e. The molecule has 1 aliphatic heterocycles. The third kappa shape index (κ3) is 4.48. The van der Waals surface area contributed by atoms with Crippen LogP contribution in [0.3, 0.4) is 0 Å². The quantitative estimate of drug-likeness (QED) is 0.734. The van der Waals surface area contributed by atoms with Gasteiger partial charge in [-0.1, -0.05) is 12.1 Å². The van der Waals surface area contributed by atoms with Gasteiger partial charge >= 0.3 is 5.97 Å². The van der Waals surface area contributed by atoms with Gasteiger partial charge in [0.15, 0.2) is 0 Å². The molecule has 0 atom stereocenters. The molecule has 1 heterocycles. The van der Waals surface area contributed by atoms with E-state index < -0.39 is 17.1 Å². The third-order valence-electron chi connectivity index (χ3n) is 3.64. The molecule has 2 N–H and O–H groups in total. The lowest BCUT2D eigenvalue weighted by atomic mass is 10.2. The number of imide groups is 1. The average Bonchev–Trinajstić information content (AvgIpc) is 2.89. The van der Waals surface area contributed by atoms with Crippen molar-refractivity contribution < 1.29 is 29.3 Å². The van der Waals surface area contributed by atoms with Crippen LogP contribution in [0.25, 0.3) is 6.08 Å². The Morgan fingerprint density at radius 3 is 2.59 bits per heavy atom. The molecular weight excluding hydrogens is 370 g/mol. The maximum absolute atomic E-state index is 12.6. The van der Waals surface area contributed by atoms with Crippen LogP contribution < -0.4 is 9.64 Å². The Labute approximate surface area is 158 Å². The molecule has 0 aromatic heterocycles. The summed E-state index contributed by atoms with van der Waals surface area (Å²) in [6.45, 7) is 0.0379. The minimum Gasteiger partial charge on any atom is -0.508 e. The molecule has 2 aromatic carbocycles. The lowest BCUT2D eigenvalue weighted by molar-refractivity contribution is -0.137. The van der Waals surface area contributed by atoms with Gasteiger partial charge in [0, 0.05) is 0 Å². The fourth-order valence-corrected chi connectivity index (χ4v) is 3.24. The SMILES string of the molecule is O=C(O)CCOc1cccc(/C=C2/SC(=O)N(c3ccc(O)cc3)C2=O)c1. The van der Waals surface area contributed by atoms with Gasteiger partial charge in [-0.15, -0.1) is 0 Å². The largest absolute Gasteiger partial charge is 0.508 e. The third-order valence-corrected chi connectivity index (χ3v) is 4.51. The summed E-state index contributed by atoms with van der Waals surface area (Å²) in [5.41, 5.74) is 1.03. The van der Waals surface area contributed by atoms with E-state index in [0.717, 1.165) is 16.7 Å². The van der Waals surface area contributed by atoms with Crippen molar-refractivity contribution in [1.29, 1.82) is 0 Å². The number of nitrogens with zero attached hydrogens (tertiary/aromatic N) is 1. The van der Waals surface area contributed by atoms with Gasteiger partial charge in [0.25, 0.3) is 11.1 Å². The fraction of sp³-hybridized carbons (Fsp3) is 0.105. The second kappa shape index (κ2) is 7.96. The second-order valence-electron chi connectivity index (χ2n) is 5.60. The Morgan fingerprint density at radius 1 is 1.15 bits per heavy atom. The van der Waals surface area contributed by atoms with E-state index in [2.05, 4.69) is 0 Å². The number of carboxylic acids is 1. The number of amides is 2. The average molecular weight is 385 g/mol. The molecular formula is C19H15NO6S. The monoisotopic (exact) mass is 385 g/mol. The van der Waals surface area contributed by atoms with E-state index in [1.54, 1.807) is 30.3 Å². The molecule has 2 aromatic rings. The minimum absolute atomic E-state index is 0.0379. The van der Waals surface area contributed by atoms with Crippen LogP contribution in [-0.4, -0.2) is 33.9 Å². The molecule has 1 aliphatic rings. The van der Waals surface area contributed by atoms with E-state index in [0.29, 0.717) is 17.0 Å². The Hall–Kier alpha value is -3.26. The van der Waals surface area contributed by atoms with Crippen molar-refractivity contribution in [3.05, 3.63) is 59.0 Å². The minimum atomic E-state index is -0.950. The molecule has 0 saturated carbocycles. The lowest BCUT2D eigenvalue weighted by Gasteiger charge is -2.12. The van der Waals surface area contributed by atoms with Crippen LogP contribution in [0.15, 0.2) is 53.4 Å². The second-order valence-corrected chi connectivity index (χ2v) is 6.59. The van der Waals surface area contributed by atoms with Gasteiger partial charge in [0.1, 0.15) is 11.5 Å². The molecule has 0 aliphatic carbocycles. The number of aliphatic carboxylic acids is 1. The van der Waals surface area contributed by atoms with E-state index in [1.165, 1.54) is 24.3 Å². The molecule has 0 radical (unpaired) electrons. The van der Waals surface area contributed by atoms with Crippen molar-refractivity contribution in [2.75, 3.05) is 11.5 Å². The topological polar surface area (TPSA) is 104 Å². The van der Waals surface area contributed by atoms with Crippen molar-refractivity contribution in [1.82, 2.24) is 0 Å². The summed E-state index contributed by atoms with van der Waals surface area (Å²) < 4.78 is 5.37. The number of ether oxygens (including phenoxy) is 1. The first-order chi connectivity index (χ1) is 12.9. The summed E-state index contributed by atoms with van der Waals surface area (Å²) in [5.74, 6) is -0.884. The van der Waals surface area contributed by atoms with Crippen molar-refractivity contribution in [3.8, 4) is 11.5 Å². The molecule has 27 heavy (non-hydrogen) atoms. The van der Waals surface area contributed by atoms with Crippen LogP contribution in [-0.2, 0) is 9.59 Å². The van der Waals surface area contributed by atoms with Gasteiger partial charge in [-0.05, 0) is 59.8 Å². The van der Waals surface area contributed by atoms with Gasteiger partial charge in [0.2, 0.25) is 0 Å². The first kappa shape index (κ1) is 18.5. The van der Waals surface area contributed by atoms with E-state index in [9.17, 15) is 19.5 Å². The number of phenolic OH excluding ortho intramolecular Hbond substituents is 1. The van der Waals surface area contributed by atoms with Gasteiger partial charge in [-0.3, -0.25) is 14.4 Å². The van der Waals surface area contributed by atoms with Gasteiger partial charge in [0.05, 0.1) is 23.6 Å². The standard InChI is InChI=1S/C19H15NO6S/c21-14-6-4-13(5-7-14)20-18(24)16(27-19(20)25)11-12-2-1-3-15(10-12)26-9-8-17(22)23/h1-7,10-11,21H,8-9H2,(H,22,23)/b16-11+. The number of carboxylic acid groups (broad SMARTS) is 1. The molecule has 1 fully saturated rings. The Morgan fingerprint density at radius 2 is 1.89 bits per heavy atom. The number of hydrogen-bond donors (Lipinski definition) is 2. The fourth-order valence-electron chi connectivity index (χ4n) is 2.39. The predicted octanol–water partition coefficient (Wildman–Crippen LogP) is 3.49. The van der Waals surface area contributed by atoms with E-state index in [1.807, 2.05) is 0 Å². The van der Waals surface area contributed by atoms with E-state index in [-0.39, 0.29) is 23.7 Å². The Balaban J connectivity index is 1.77. The zero-order valence-corrected chi connectivity index (χ0v) is 14.8. The number of aromatic hydroxyl groups is 1. The molecule has 138 valence electrons. The van der Waals surface area contributed by atoms with Crippen LogP contribution in [0.2, 0.25) is 0 Å². The van der Waals surface area contributed by atoms with Crippen molar-refractivity contribution in [3.63, 3.8) is 0 Å². The maximum atomic E-state index is 12.6. The molecule has 0 unspecified atom stereocenters. The molecule has 7 nitrogen and oxygen atoms in total. The number of rotatable bonds is 6. The van der Waals surface area contributed by atoms with Crippen LogP contribution in [0.4, 0.5) is 10.5 Å². The number of carbonyl (C=O) groups excluding carboxylic acids is 2. The van der Waals surface area contributed by atoms with E-state index in [4.69, 9.17) is 9.84 Å². The summed E-state index contributed by atoms with van der Waals surface area (Å²) in [4.78, 5) is 36.7. The van der Waals surface area contributed by atoms with Crippen molar-refractivity contribution in [2.24, 2.45) is 0 Å². The number of hydrogen-bond acceptors (Lipinski definition) is 6. The number of anilines is 1. The molecule has 0 bridgehead atoms. The molecule has 0 spiro atoms. The number of benzene rings is 2. The van der Waals surface area contributed by atoms with Gasteiger partial charge in [-0.25, -0.2) is 4.90 Å². The van der Waals surface area contributed by atoms with Crippen molar-refractivity contribution in [2.45, 2.75) is 6.42 Å². The highest BCUT2D eigenvalue weighted by Gasteiger charge is 2.36. The molecule has 3 rings (SSSR count). The first-order valence-electron chi connectivity index (χ1n) is 7.96. The normalized spacial score (nSPS) is 15.4. The summed E-state index contributed by atoms with van der Waals surface area (Å²) >= 11 is 0.821. The predicted molar refractivity (Wildman–Crippen MR) is 101 cm³/mol.